The summed E-state index contributed by atoms with van der Waals surface area (Å²) in [6, 6.07) is 7.20. The summed E-state index contributed by atoms with van der Waals surface area (Å²) >= 11 is 0. The second-order valence-corrected chi connectivity index (χ2v) is 5.03. The number of hydrogen-bond donors (Lipinski definition) is 0. The van der Waals surface area contributed by atoms with Crippen LogP contribution in [0.5, 0.6) is 5.75 Å². The number of carbonyl (C=O) groups excluding carboxylic acids is 2. The maximum Gasteiger partial charge on any atom is 0.309 e. The Labute approximate surface area is 132 Å². The second kappa shape index (κ2) is 6.43. The Bertz CT molecular complexity index is 720. The van der Waals surface area contributed by atoms with Crippen molar-refractivity contribution in [3.05, 3.63) is 48.5 Å². The molecule has 0 N–H and O–H groups in total. The molecule has 2 aromatic rings. The number of carbonyl (C=O) groups is 2. The van der Waals surface area contributed by atoms with Gasteiger partial charge in [-0.05, 0) is 12.1 Å². The van der Waals surface area contributed by atoms with Crippen molar-refractivity contribution < 1.29 is 19.1 Å². The summed E-state index contributed by atoms with van der Waals surface area (Å²) in [7, 11) is 1.28. The first-order chi connectivity index (χ1) is 11.2. The molecule has 3 rings (SSSR count). The van der Waals surface area contributed by atoms with Gasteiger partial charge in [0.1, 0.15) is 12.1 Å². The fourth-order valence-corrected chi connectivity index (χ4v) is 2.40. The summed E-state index contributed by atoms with van der Waals surface area (Å²) in [6.07, 6.45) is 3.69. The van der Waals surface area contributed by atoms with E-state index in [4.69, 9.17) is 4.74 Å². The molecule has 1 aliphatic rings. The first-order valence-corrected chi connectivity index (χ1v) is 7.07. The minimum Gasteiger partial charge on any atom is -0.478 e. The number of nitrogens with zero attached hydrogens (tertiary/aromatic N) is 3. The third-order valence-corrected chi connectivity index (χ3v) is 3.50. The van der Waals surface area contributed by atoms with Crippen molar-refractivity contribution in [2.45, 2.75) is 19.1 Å². The molecule has 23 heavy (non-hydrogen) atoms. The van der Waals surface area contributed by atoms with Crippen LogP contribution in [0, 0.1) is 0 Å². The largest absolute Gasteiger partial charge is 0.478 e. The van der Waals surface area contributed by atoms with E-state index in [0.717, 1.165) is 5.56 Å². The molecule has 1 aliphatic heterocycles. The normalized spacial score (nSPS) is 16.5. The molecule has 1 atom stereocenters. The van der Waals surface area contributed by atoms with Gasteiger partial charge in [-0.1, -0.05) is 12.1 Å². The quantitative estimate of drug-likeness (QED) is 0.792. The van der Waals surface area contributed by atoms with Gasteiger partial charge in [0.2, 0.25) is 0 Å². The van der Waals surface area contributed by atoms with Crippen LogP contribution in [-0.2, 0) is 20.9 Å². The van der Waals surface area contributed by atoms with Crippen molar-refractivity contribution in [3.8, 4) is 5.75 Å². The molecule has 7 nitrogen and oxygen atoms in total. The van der Waals surface area contributed by atoms with Crippen LogP contribution in [0.4, 0.5) is 5.69 Å². The third kappa shape index (κ3) is 3.13. The molecule has 0 radical (unpaired) electrons. The van der Waals surface area contributed by atoms with Crippen molar-refractivity contribution in [2.24, 2.45) is 0 Å². The average Bonchev–Trinajstić information content (AvgIpc) is 2.59. The van der Waals surface area contributed by atoms with Crippen molar-refractivity contribution in [3.63, 3.8) is 0 Å². The monoisotopic (exact) mass is 313 g/mol. The van der Waals surface area contributed by atoms with Gasteiger partial charge >= 0.3 is 5.97 Å². The molecule has 0 bridgehead atoms. The molecule has 0 unspecified atom stereocenters. The van der Waals surface area contributed by atoms with Crippen LogP contribution >= 0.6 is 0 Å². The van der Waals surface area contributed by atoms with Crippen LogP contribution in [0.15, 0.2) is 43.0 Å². The van der Waals surface area contributed by atoms with E-state index in [1.54, 1.807) is 29.4 Å². The van der Waals surface area contributed by atoms with Crippen LogP contribution in [0.3, 0.4) is 0 Å². The van der Waals surface area contributed by atoms with Crippen molar-refractivity contribution in [1.82, 2.24) is 9.97 Å². The standard InChI is InChI=1S/C16H15N3O4/c1-22-15(20)6-14-16(21)19(9-11-7-17-10-18-8-11)12-4-2-3-5-13(12)23-14/h2-5,7-8,10,14H,6,9H2,1H3/t14-/m0/s1. The van der Waals surface area contributed by atoms with E-state index < -0.39 is 12.1 Å². The number of methoxy groups -OCH3 is 1. The smallest absolute Gasteiger partial charge is 0.309 e. The number of hydrogen-bond acceptors (Lipinski definition) is 6. The van der Waals surface area contributed by atoms with Gasteiger partial charge in [0.25, 0.3) is 5.91 Å². The minimum absolute atomic E-state index is 0.133. The molecule has 0 saturated carbocycles. The number of para-hydroxylation sites is 2. The summed E-state index contributed by atoms with van der Waals surface area (Å²) in [6.45, 7) is 0.303. The highest BCUT2D eigenvalue weighted by Crippen LogP contribution is 2.35. The zero-order valence-electron chi connectivity index (χ0n) is 12.5. The number of esters is 1. The zero-order chi connectivity index (χ0) is 16.2. The van der Waals surface area contributed by atoms with Gasteiger partial charge in [0.05, 0.1) is 25.8 Å². The molecule has 0 saturated heterocycles. The molecule has 0 fully saturated rings. The lowest BCUT2D eigenvalue weighted by Crippen LogP contribution is -2.46. The van der Waals surface area contributed by atoms with Gasteiger partial charge in [-0.15, -0.1) is 0 Å². The second-order valence-electron chi connectivity index (χ2n) is 5.03. The van der Waals surface area contributed by atoms with Crippen LogP contribution in [0.25, 0.3) is 0 Å². The Balaban J connectivity index is 1.91. The maximum atomic E-state index is 12.7. The molecule has 2 heterocycles. The summed E-state index contributed by atoms with van der Waals surface area (Å²) in [5.41, 5.74) is 1.44. The Morgan fingerprint density at radius 3 is 2.78 bits per heavy atom. The van der Waals surface area contributed by atoms with E-state index in [2.05, 4.69) is 14.7 Å². The molecular weight excluding hydrogens is 298 g/mol. The number of rotatable bonds is 4. The lowest BCUT2D eigenvalue weighted by molar-refractivity contribution is -0.145. The van der Waals surface area contributed by atoms with E-state index >= 15 is 0 Å². The number of benzene rings is 1. The van der Waals surface area contributed by atoms with E-state index in [9.17, 15) is 9.59 Å². The van der Waals surface area contributed by atoms with Crippen molar-refractivity contribution in [2.75, 3.05) is 12.0 Å². The zero-order valence-corrected chi connectivity index (χ0v) is 12.5. The van der Waals surface area contributed by atoms with Crippen LogP contribution in [0.1, 0.15) is 12.0 Å². The summed E-state index contributed by atoms with van der Waals surface area (Å²) in [5.74, 6) is -0.235. The summed E-state index contributed by atoms with van der Waals surface area (Å²) in [5, 5.41) is 0. The third-order valence-electron chi connectivity index (χ3n) is 3.50. The van der Waals surface area contributed by atoms with Crippen molar-refractivity contribution in [1.29, 1.82) is 0 Å². The predicted octanol–water partition coefficient (Wildman–Crippen LogP) is 1.33. The van der Waals surface area contributed by atoms with Crippen LogP contribution < -0.4 is 9.64 Å². The molecule has 1 amide bonds. The number of amides is 1. The fraction of sp³-hybridized carbons (Fsp3) is 0.250. The highest BCUT2D eigenvalue weighted by Gasteiger charge is 2.36. The van der Waals surface area contributed by atoms with E-state index in [1.807, 2.05) is 12.1 Å². The van der Waals surface area contributed by atoms with Crippen LogP contribution in [0.2, 0.25) is 0 Å². The van der Waals surface area contributed by atoms with Gasteiger partial charge in [-0.25, -0.2) is 9.97 Å². The molecule has 0 spiro atoms. The predicted molar refractivity (Wildman–Crippen MR) is 80.7 cm³/mol. The molecule has 1 aromatic heterocycles. The maximum absolute atomic E-state index is 12.7. The molecule has 0 aliphatic carbocycles. The summed E-state index contributed by atoms with van der Waals surface area (Å²) in [4.78, 5) is 33.7. The highest BCUT2D eigenvalue weighted by molar-refractivity contribution is 6.01. The van der Waals surface area contributed by atoms with E-state index in [0.29, 0.717) is 18.0 Å². The number of aromatic nitrogens is 2. The lowest BCUT2D eigenvalue weighted by Gasteiger charge is -2.33. The number of fused-ring (bicyclic) bond motifs is 1. The number of anilines is 1. The number of ether oxygens (including phenoxy) is 2. The SMILES string of the molecule is COC(=O)C[C@@H]1Oc2ccccc2N(Cc2cncnc2)C1=O. The molecule has 118 valence electrons. The summed E-state index contributed by atoms with van der Waals surface area (Å²) < 4.78 is 10.3. The van der Waals surface area contributed by atoms with Crippen molar-refractivity contribution >= 4 is 17.6 Å². The average molecular weight is 313 g/mol. The molecule has 1 aromatic carbocycles. The minimum atomic E-state index is -0.901. The van der Waals surface area contributed by atoms with E-state index in [1.165, 1.54) is 13.4 Å². The van der Waals surface area contributed by atoms with Gasteiger partial charge in [-0.2, -0.15) is 0 Å². The Morgan fingerprint density at radius 2 is 2.04 bits per heavy atom. The van der Waals surface area contributed by atoms with Gasteiger partial charge < -0.3 is 14.4 Å². The van der Waals surface area contributed by atoms with Crippen LogP contribution in [-0.4, -0.2) is 35.1 Å². The molecule has 7 heteroatoms. The first-order valence-electron chi connectivity index (χ1n) is 7.07. The Hall–Kier alpha value is -2.96. The van der Waals surface area contributed by atoms with E-state index in [-0.39, 0.29) is 12.3 Å². The molecular formula is C16H15N3O4. The lowest BCUT2D eigenvalue weighted by atomic mass is 10.1. The van der Waals surface area contributed by atoms with Gasteiger partial charge in [0.15, 0.2) is 6.10 Å². The first kappa shape index (κ1) is 15.0. The Kier molecular flexibility index (Phi) is 4.18. The Morgan fingerprint density at radius 1 is 1.30 bits per heavy atom. The van der Waals surface area contributed by atoms with Gasteiger partial charge in [-0.3, -0.25) is 9.59 Å². The van der Waals surface area contributed by atoms with Gasteiger partial charge in [0, 0.05) is 18.0 Å². The highest BCUT2D eigenvalue weighted by atomic mass is 16.5. The topological polar surface area (TPSA) is 81.6 Å². The fourth-order valence-electron chi connectivity index (χ4n) is 2.40.